The minimum Gasteiger partial charge on any atom is -0.393 e. The lowest BCUT2D eigenvalue weighted by Gasteiger charge is -2.11. The number of hydrogen-bond acceptors (Lipinski definition) is 4. The molecule has 8 heteroatoms. The number of anilines is 2. The number of aliphatic hydroxyl groups excluding tert-OH is 1. The lowest BCUT2D eigenvalue weighted by Crippen LogP contribution is -2.04. The van der Waals surface area contributed by atoms with Crippen molar-refractivity contribution in [3.05, 3.63) is 71.0 Å². The molecule has 0 saturated heterocycles. The first kappa shape index (κ1) is 21.1. The van der Waals surface area contributed by atoms with E-state index in [9.17, 15) is 18.3 Å². The van der Waals surface area contributed by atoms with Crippen molar-refractivity contribution in [3.63, 3.8) is 0 Å². The van der Waals surface area contributed by atoms with E-state index in [1.807, 2.05) is 6.07 Å². The molecule has 2 aromatic carbocycles. The first-order valence-corrected chi connectivity index (χ1v) is 9.33. The Morgan fingerprint density at radius 1 is 1.07 bits per heavy atom. The molecular formula is C21H19ClF3N3O. The zero-order chi connectivity index (χ0) is 21.0. The molecule has 1 heterocycles. The van der Waals surface area contributed by atoms with Gasteiger partial charge in [-0.15, -0.1) is 0 Å². The molecule has 3 rings (SSSR count). The molecule has 0 radical (unpaired) electrons. The van der Waals surface area contributed by atoms with Crippen LogP contribution in [0.15, 0.2) is 54.9 Å². The summed E-state index contributed by atoms with van der Waals surface area (Å²) in [4.78, 5) is 8.31. The van der Waals surface area contributed by atoms with Crippen molar-refractivity contribution in [1.29, 1.82) is 0 Å². The Morgan fingerprint density at radius 2 is 1.79 bits per heavy atom. The Morgan fingerprint density at radius 3 is 2.45 bits per heavy atom. The maximum atomic E-state index is 12.7. The van der Waals surface area contributed by atoms with Crippen molar-refractivity contribution in [3.8, 4) is 11.3 Å². The molecule has 0 aliphatic rings. The van der Waals surface area contributed by atoms with Crippen LogP contribution in [0.1, 0.15) is 24.5 Å². The summed E-state index contributed by atoms with van der Waals surface area (Å²) in [5, 5.41) is 13.2. The average Bonchev–Trinajstić information content (AvgIpc) is 2.68. The Bertz CT molecular complexity index is 976. The predicted molar refractivity (Wildman–Crippen MR) is 107 cm³/mol. The van der Waals surface area contributed by atoms with Crippen molar-refractivity contribution in [2.75, 3.05) is 5.32 Å². The lowest BCUT2D eigenvalue weighted by atomic mass is 10.1. The van der Waals surface area contributed by atoms with Gasteiger partial charge in [0.1, 0.15) is 12.1 Å². The van der Waals surface area contributed by atoms with E-state index in [-0.39, 0.29) is 0 Å². The third-order valence-electron chi connectivity index (χ3n) is 4.32. The van der Waals surface area contributed by atoms with E-state index in [2.05, 4.69) is 15.3 Å². The second-order valence-corrected chi connectivity index (χ2v) is 7.09. The number of nitrogens with one attached hydrogen (secondary N) is 1. The molecular weight excluding hydrogens is 403 g/mol. The van der Waals surface area contributed by atoms with Gasteiger partial charge in [0.15, 0.2) is 0 Å². The second-order valence-electron chi connectivity index (χ2n) is 6.68. The summed E-state index contributed by atoms with van der Waals surface area (Å²) in [6, 6.07) is 11.9. The van der Waals surface area contributed by atoms with E-state index in [0.717, 1.165) is 23.4 Å². The van der Waals surface area contributed by atoms with Crippen LogP contribution >= 0.6 is 11.6 Å². The normalized spacial score (nSPS) is 12.6. The van der Waals surface area contributed by atoms with Crippen molar-refractivity contribution >= 4 is 23.1 Å². The van der Waals surface area contributed by atoms with E-state index in [1.54, 1.807) is 25.1 Å². The van der Waals surface area contributed by atoms with E-state index in [1.165, 1.54) is 18.5 Å². The van der Waals surface area contributed by atoms with Crippen LogP contribution in [0.25, 0.3) is 11.3 Å². The maximum absolute atomic E-state index is 12.7. The smallest absolute Gasteiger partial charge is 0.393 e. The van der Waals surface area contributed by atoms with Crippen LogP contribution in [0.4, 0.5) is 24.7 Å². The van der Waals surface area contributed by atoms with E-state index in [4.69, 9.17) is 11.6 Å². The molecule has 4 nitrogen and oxygen atoms in total. The summed E-state index contributed by atoms with van der Waals surface area (Å²) in [5.41, 5.74) is 2.00. The number of alkyl halides is 3. The Hall–Kier alpha value is -2.64. The maximum Gasteiger partial charge on any atom is 0.416 e. The van der Waals surface area contributed by atoms with Gasteiger partial charge in [0.25, 0.3) is 0 Å². The standard InChI is InChI=1S/C21H19ClF3N3O/c1-13(29)2-3-15-10-17(8-9-18(15)22)28-20-11-19(26-12-27-20)14-4-6-16(7-5-14)21(23,24)25/h4-13,29H,2-3H2,1H3,(H,26,27,28). The molecule has 0 saturated carbocycles. The first-order chi connectivity index (χ1) is 13.7. The van der Waals surface area contributed by atoms with Gasteiger partial charge in [-0.25, -0.2) is 9.97 Å². The van der Waals surface area contributed by atoms with Crippen molar-refractivity contribution in [2.24, 2.45) is 0 Å². The van der Waals surface area contributed by atoms with Crippen LogP contribution in [-0.4, -0.2) is 21.2 Å². The highest BCUT2D eigenvalue weighted by Crippen LogP contribution is 2.31. The lowest BCUT2D eigenvalue weighted by molar-refractivity contribution is -0.137. The van der Waals surface area contributed by atoms with Crippen LogP contribution in [0.5, 0.6) is 0 Å². The van der Waals surface area contributed by atoms with Gasteiger partial charge >= 0.3 is 6.18 Å². The minimum absolute atomic E-state index is 0.421. The van der Waals surface area contributed by atoms with Crippen LogP contribution in [0, 0.1) is 0 Å². The van der Waals surface area contributed by atoms with Crippen LogP contribution in [0.3, 0.4) is 0 Å². The molecule has 1 atom stereocenters. The molecule has 1 unspecified atom stereocenters. The zero-order valence-corrected chi connectivity index (χ0v) is 16.3. The molecule has 29 heavy (non-hydrogen) atoms. The monoisotopic (exact) mass is 421 g/mol. The summed E-state index contributed by atoms with van der Waals surface area (Å²) < 4.78 is 38.2. The van der Waals surface area contributed by atoms with Gasteiger partial charge in [0, 0.05) is 22.3 Å². The van der Waals surface area contributed by atoms with E-state index >= 15 is 0 Å². The average molecular weight is 422 g/mol. The number of aromatic nitrogens is 2. The van der Waals surface area contributed by atoms with Gasteiger partial charge in [-0.2, -0.15) is 13.2 Å². The number of aryl methyl sites for hydroxylation is 1. The van der Waals surface area contributed by atoms with Crippen molar-refractivity contribution < 1.29 is 18.3 Å². The van der Waals surface area contributed by atoms with Gasteiger partial charge in [-0.3, -0.25) is 0 Å². The number of rotatable bonds is 6. The van der Waals surface area contributed by atoms with Gasteiger partial charge in [0.2, 0.25) is 0 Å². The molecule has 0 bridgehead atoms. The highest BCUT2D eigenvalue weighted by atomic mass is 35.5. The number of benzene rings is 2. The quantitative estimate of drug-likeness (QED) is 0.522. The summed E-state index contributed by atoms with van der Waals surface area (Å²) >= 11 is 6.22. The molecule has 0 amide bonds. The van der Waals surface area contributed by atoms with Gasteiger partial charge in [-0.05, 0) is 55.7 Å². The highest BCUT2D eigenvalue weighted by molar-refractivity contribution is 6.31. The van der Waals surface area contributed by atoms with Crippen LogP contribution in [-0.2, 0) is 12.6 Å². The fraction of sp³-hybridized carbons (Fsp3) is 0.238. The minimum atomic E-state index is -4.38. The van der Waals surface area contributed by atoms with E-state index < -0.39 is 17.8 Å². The highest BCUT2D eigenvalue weighted by Gasteiger charge is 2.30. The van der Waals surface area contributed by atoms with Gasteiger partial charge in [-0.1, -0.05) is 23.7 Å². The summed E-state index contributed by atoms with van der Waals surface area (Å²) in [6.45, 7) is 1.72. The number of halogens is 4. The first-order valence-electron chi connectivity index (χ1n) is 8.95. The summed E-state index contributed by atoms with van der Waals surface area (Å²) in [6.07, 6.45) is -2.23. The predicted octanol–water partition coefficient (Wildman–Crippen LogP) is 5.87. The molecule has 0 fully saturated rings. The topological polar surface area (TPSA) is 58.0 Å². The van der Waals surface area contributed by atoms with Gasteiger partial charge < -0.3 is 10.4 Å². The molecule has 0 aliphatic carbocycles. The largest absolute Gasteiger partial charge is 0.416 e. The van der Waals surface area contributed by atoms with Crippen LogP contribution in [0.2, 0.25) is 5.02 Å². The molecule has 152 valence electrons. The fourth-order valence-corrected chi connectivity index (χ4v) is 2.98. The van der Waals surface area contributed by atoms with Crippen molar-refractivity contribution in [1.82, 2.24) is 9.97 Å². The third kappa shape index (κ3) is 5.68. The molecule has 1 aromatic heterocycles. The molecule has 0 aliphatic heterocycles. The van der Waals surface area contributed by atoms with Gasteiger partial charge in [0.05, 0.1) is 17.4 Å². The Labute approximate surface area is 171 Å². The zero-order valence-electron chi connectivity index (χ0n) is 15.5. The third-order valence-corrected chi connectivity index (χ3v) is 4.69. The SMILES string of the molecule is CC(O)CCc1cc(Nc2cc(-c3ccc(C(F)(F)F)cc3)ncn2)ccc1Cl. The van der Waals surface area contributed by atoms with Crippen LogP contribution < -0.4 is 5.32 Å². The van der Waals surface area contributed by atoms with Crippen molar-refractivity contribution in [2.45, 2.75) is 32.0 Å². The van der Waals surface area contributed by atoms with E-state index in [0.29, 0.717) is 34.9 Å². The summed E-state index contributed by atoms with van der Waals surface area (Å²) in [7, 11) is 0. The fourth-order valence-electron chi connectivity index (χ4n) is 2.77. The number of nitrogens with zero attached hydrogens (tertiary/aromatic N) is 2. The molecule has 0 spiro atoms. The summed E-state index contributed by atoms with van der Waals surface area (Å²) in [5.74, 6) is 0.499. The Kier molecular flexibility index (Phi) is 6.39. The number of hydrogen-bond donors (Lipinski definition) is 2. The Balaban J connectivity index is 1.79. The number of aliphatic hydroxyl groups is 1. The molecule has 3 aromatic rings. The molecule has 2 N–H and O–H groups in total. The second kappa shape index (κ2) is 8.80.